The Labute approximate surface area is 94.4 Å². The number of hydrogen-bond acceptors (Lipinski definition) is 4. The summed E-state index contributed by atoms with van der Waals surface area (Å²) in [6.45, 7) is 1.32. The molecule has 17 heavy (non-hydrogen) atoms. The van der Waals surface area contributed by atoms with Gasteiger partial charge in [-0.1, -0.05) is 0 Å². The summed E-state index contributed by atoms with van der Waals surface area (Å²) in [5, 5.41) is 2.46. The first kappa shape index (κ1) is 13.1. The number of nitroso groups, excluding NO2 is 1. The Morgan fingerprint density at radius 3 is 2.35 bits per heavy atom. The Kier molecular flexibility index (Phi) is 3.50. The molecule has 7 heteroatoms. The van der Waals surface area contributed by atoms with E-state index >= 15 is 0 Å². The first-order chi connectivity index (χ1) is 7.81. The van der Waals surface area contributed by atoms with E-state index in [4.69, 9.17) is 0 Å². The van der Waals surface area contributed by atoms with Crippen molar-refractivity contribution in [1.29, 1.82) is 0 Å². The van der Waals surface area contributed by atoms with Gasteiger partial charge in [-0.2, -0.15) is 13.2 Å². The molecule has 1 aromatic rings. The highest BCUT2D eigenvalue weighted by Crippen LogP contribution is 2.35. The lowest BCUT2D eigenvalue weighted by Gasteiger charge is -2.11. The van der Waals surface area contributed by atoms with Crippen LogP contribution in [0.3, 0.4) is 0 Å². The third-order valence-corrected chi connectivity index (χ3v) is 2.21. The minimum Gasteiger partial charge on any atom is -0.465 e. The van der Waals surface area contributed by atoms with Gasteiger partial charge in [0.1, 0.15) is 5.69 Å². The second kappa shape index (κ2) is 4.52. The smallest absolute Gasteiger partial charge is 0.416 e. The number of ether oxygens (including phenoxy) is 1. The minimum absolute atomic E-state index is 0.0554. The Morgan fingerprint density at radius 2 is 1.94 bits per heavy atom. The van der Waals surface area contributed by atoms with Crippen molar-refractivity contribution >= 4 is 11.7 Å². The molecule has 4 nitrogen and oxygen atoms in total. The van der Waals surface area contributed by atoms with Crippen LogP contribution in [0.4, 0.5) is 18.9 Å². The van der Waals surface area contributed by atoms with Crippen molar-refractivity contribution in [3.8, 4) is 0 Å². The van der Waals surface area contributed by atoms with Crippen LogP contribution >= 0.6 is 0 Å². The molecule has 0 aliphatic heterocycles. The van der Waals surface area contributed by atoms with Crippen LogP contribution in [0.15, 0.2) is 17.3 Å². The molecule has 1 aromatic carbocycles. The van der Waals surface area contributed by atoms with E-state index in [9.17, 15) is 22.9 Å². The summed E-state index contributed by atoms with van der Waals surface area (Å²) < 4.78 is 41.8. The molecule has 0 radical (unpaired) electrons. The molecule has 0 saturated carbocycles. The summed E-state index contributed by atoms with van der Waals surface area (Å²) in [6, 6.07) is 1.23. The molecule has 0 aliphatic rings. The fraction of sp³-hybridized carbons (Fsp3) is 0.300. The maximum Gasteiger partial charge on any atom is 0.416 e. The van der Waals surface area contributed by atoms with Crippen LogP contribution in [0.2, 0.25) is 0 Å². The van der Waals surface area contributed by atoms with Gasteiger partial charge in [0.2, 0.25) is 0 Å². The van der Waals surface area contributed by atoms with Gasteiger partial charge >= 0.3 is 12.1 Å². The Morgan fingerprint density at radius 1 is 1.35 bits per heavy atom. The molecular formula is C10H8F3NO3. The monoisotopic (exact) mass is 247 g/mol. The predicted octanol–water partition coefficient (Wildman–Crippen LogP) is 3.20. The molecule has 0 unspecified atom stereocenters. The number of nitrogens with zero attached hydrogens (tertiary/aromatic N) is 1. The molecule has 0 spiro atoms. The van der Waals surface area contributed by atoms with Crippen molar-refractivity contribution in [2.45, 2.75) is 13.1 Å². The average Bonchev–Trinajstić information content (AvgIpc) is 2.26. The van der Waals surface area contributed by atoms with Crippen LogP contribution < -0.4 is 0 Å². The summed E-state index contributed by atoms with van der Waals surface area (Å²) in [6.07, 6.45) is -4.66. The summed E-state index contributed by atoms with van der Waals surface area (Å²) in [5.74, 6) is -0.946. The number of benzene rings is 1. The van der Waals surface area contributed by atoms with E-state index in [1.54, 1.807) is 0 Å². The van der Waals surface area contributed by atoms with Crippen LogP contribution in [0.1, 0.15) is 21.5 Å². The van der Waals surface area contributed by atoms with Gasteiger partial charge in [-0.05, 0) is 29.8 Å². The highest BCUT2D eigenvalue weighted by molar-refractivity contribution is 5.92. The van der Waals surface area contributed by atoms with Gasteiger partial charge in [-0.3, -0.25) is 0 Å². The van der Waals surface area contributed by atoms with Gasteiger partial charge < -0.3 is 4.74 Å². The zero-order valence-corrected chi connectivity index (χ0v) is 8.96. The van der Waals surface area contributed by atoms with Crippen molar-refractivity contribution in [2.75, 3.05) is 7.11 Å². The van der Waals surface area contributed by atoms with E-state index in [0.717, 1.165) is 7.11 Å². The first-order valence-corrected chi connectivity index (χ1v) is 4.44. The third kappa shape index (κ3) is 2.61. The van der Waals surface area contributed by atoms with Gasteiger partial charge in [0.05, 0.1) is 18.2 Å². The summed E-state index contributed by atoms with van der Waals surface area (Å²) in [5.41, 5.74) is -1.81. The molecule has 0 amide bonds. The number of methoxy groups -OCH3 is 1. The average molecular weight is 247 g/mol. The maximum absolute atomic E-state index is 12.5. The number of hydrogen-bond donors (Lipinski definition) is 0. The van der Waals surface area contributed by atoms with Gasteiger partial charge in [-0.25, -0.2) is 4.79 Å². The van der Waals surface area contributed by atoms with Crippen molar-refractivity contribution in [3.05, 3.63) is 33.7 Å². The van der Waals surface area contributed by atoms with Gasteiger partial charge in [0.25, 0.3) is 0 Å². The highest BCUT2D eigenvalue weighted by Gasteiger charge is 2.33. The molecule has 0 N–H and O–H groups in total. The molecule has 0 aromatic heterocycles. The van der Waals surface area contributed by atoms with Crippen molar-refractivity contribution in [2.24, 2.45) is 5.18 Å². The van der Waals surface area contributed by atoms with Crippen LogP contribution in [0, 0.1) is 11.8 Å². The standard InChI is InChI=1S/C10H8F3NO3/c1-5-7(9(15)17-2)3-6(10(11,12)13)4-8(5)14-16/h3-4H,1-2H3. The molecular weight excluding hydrogens is 239 g/mol. The SMILES string of the molecule is COC(=O)c1cc(C(F)(F)F)cc(N=O)c1C. The summed E-state index contributed by atoms with van der Waals surface area (Å²) in [7, 11) is 1.04. The fourth-order valence-electron chi connectivity index (χ4n) is 1.28. The molecule has 92 valence electrons. The fourth-order valence-corrected chi connectivity index (χ4v) is 1.28. The second-order valence-electron chi connectivity index (χ2n) is 3.25. The Hall–Kier alpha value is -1.92. The lowest BCUT2D eigenvalue weighted by Crippen LogP contribution is -2.10. The minimum atomic E-state index is -4.66. The molecule has 0 aliphatic carbocycles. The maximum atomic E-state index is 12.5. The van der Waals surface area contributed by atoms with E-state index in [-0.39, 0.29) is 11.1 Å². The quantitative estimate of drug-likeness (QED) is 0.595. The van der Waals surface area contributed by atoms with Crippen LogP contribution in [0.25, 0.3) is 0 Å². The normalized spacial score (nSPS) is 11.1. The molecule has 0 heterocycles. The van der Waals surface area contributed by atoms with Crippen molar-refractivity contribution in [1.82, 2.24) is 0 Å². The molecule has 0 bridgehead atoms. The zero-order valence-electron chi connectivity index (χ0n) is 8.96. The van der Waals surface area contributed by atoms with Gasteiger partial charge in [-0.15, -0.1) is 4.91 Å². The summed E-state index contributed by atoms with van der Waals surface area (Å²) >= 11 is 0. The number of alkyl halides is 3. The van der Waals surface area contributed by atoms with E-state index in [1.165, 1.54) is 6.92 Å². The van der Waals surface area contributed by atoms with Crippen molar-refractivity contribution in [3.63, 3.8) is 0 Å². The molecule has 1 rings (SSSR count). The number of halogens is 3. The lowest BCUT2D eigenvalue weighted by molar-refractivity contribution is -0.137. The van der Waals surface area contributed by atoms with E-state index in [1.807, 2.05) is 0 Å². The molecule has 0 saturated heterocycles. The van der Waals surface area contributed by atoms with Gasteiger partial charge in [0.15, 0.2) is 0 Å². The van der Waals surface area contributed by atoms with Crippen LogP contribution in [-0.4, -0.2) is 13.1 Å². The first-order valence-electron chi connectivity index (χ1n) is 4.44. The van der Waals surface area contributed by atoms with Gasteiger partial charge in [0, 0.05) is 0 Å². The summed E-state index contributed by atoms with van der Waals surface area (Å²) in [4.78, 5) is 21.6. The second-order valence-corrected chi connectivity index (χ2v) is 3.25. The largest absolute Gasteiger partial charge is 0.465 e. The number of carbonyl (C=O) groups excluding carboxylic acids is 1. The third-order valence-electron chi connectivity index (χ3n) is 2.21. The molecule has 0 fully saturated rings. The lowest BCUT2D eigenvalue weighted by atomic mass is 10.0. The Balaban J connectivity index is 3.49. The number of carbonyl (C=O) groups is 1. The van der Waals surface area contributed by atoms with E-state index in [0.29, 0.717) is 12.1 Å². The number of rotatable bonds is 2. The Bertz CT molecular complexity index is 469. The van der Waals surface area contributed by atoms with E-state index in [2.05, 4.69) is 9.91 Å². The molecule has 0 atom stereocenters. The topological polar surface area (TPSA) is 55.7 Å². The zero-order chi connectivity index (χ0) is 13.2. The highest BCUT2D eigenvalue weighted by atomic mass is 19.4. The van der Waals surface area contributed by atoms with E-state index < -0.39 is 23.4 Å². The number of esters is 1. The van der Waals surface area contributed by atoms with Crippen LogP contribution in [0.5, 0.6) is 0 Å². The predicted molar refractivity (Wildman–Crippen MR) is 53.0 cm³/mol. The van der Waals surface area contributed by atoms with Crippen molar-refractivity contribution < 1.29 is 22.7 Å². The van der Waals surface area contributed by atoms with Crippen LogP contribution in [-0.2, 0) is 10.9 Å².